The highest BCUT2D eigenvalue weighted by Gasteiger charge is 2.23. The maximum Gasteiger partial charge on any atom is 0.270 e. The molecule has 0 aliphatic carbocycles. The van der Waals surface area contributed by atoms with Gasteiger partial charge in [0.1, 0.15) is 5.82 Å². The van der Waals surface area contributed by atoms with Gasteiger partial charge in [0, 0.05) is 92.9 Å². The molecular weight excluding hydrogens is 879 g/mol. The molecule has 2 fully saturated rings. The fourth-order valence-electron chi connectivity index (χ4n) is 9.61. The Bertz CT molecular complexity index is 3550. The maximum atomic E-state index is 6.78. The molecule has 13 nitrogen and oxygen atoms in total. The molecule has 0 spiro atoms. The molecule has 0 bridgehead atoms. The van der Waals surface area contributed by atoms with Gasteiger partial charge in [0.05, 0.1) is 56.4 Å². The predicted octanol–water partition coefficient (Wildman–Crippen LogP) is 10.3. The van der Waals surface area contributed by atoms with Crippen LogP contribution in [0.4, 0.5) is 39.9 Å². The highest BCUT2D eigenvalue weighted by atomic mass is 15.3. The lowest BCUT2D eigenvalue weighted by atomic mass is 9.99. The number of nitrogens with zero attached hydrogens (tertiary/aromatic N) is 10. The molecule has 13 heteroatoms. The monoisotopic (exact) mass is 933 g/mol. The minimum atomic E-state index is 0.453. The summed E-state index contributed by atoms with van der Waals surface area (Å²) in [6.45, 7) is 15.5. The van der Waals surface area contributed by atoms with E-state index in [0.29, 0.717) is 17.2 Å². The first-order chi connectivity index (χ1) is 34.7. The van der Waals surface area contributed by atoms with Gasteiger partial charge in [-0.2, -0.15) is 0 Å². The van der Waals surface area contributed by atoms with Crippen molar-refractivity contribution in [2.75, 3.05) is 87.7 Å². The van der Waals surface area contributed by atoms with Gasteiger partial charge in [-0.3, -0.25) is 9.98 Å². The van der Waals surface area contributed by atoms with Crippen molar-refractivity contribution in [3.63, 3.8) is 0 Å². The summed E-state index contributed by atoms with van der Waals surface area (Å²) >= 11 is 0. The predicted molar refractivity (Wildman–Crippen MR) is 292 cm³/mol. The van der Waals surface area contributed by atoms with Crippen molar-refractivity contribution in [1.29, 1.82) is 0 Å². The zero-order chi connectivity index (χ0) is 48.4. The van der Waals surface area contributed by atoms with E-state index in [1.807, 2.05) is 60.7 Å². The van der Waals surface area contributed by atoms with E-state index in [2.05, 4.69) is 132 Å². The standard InChI is InChI=1S/C30H27N5.C18H22N6.C10H6N2/c1-34-12-14-35(15-13-34)24-8-11-27-23(17-24)18-29(32-27)21-7-9-26-22(16-21)19-30(33-26)28-10-6-20-4-2-3-5-25(20)31-28;1-23-6-8-24(9-7-23)13-3-5-16-17(11-13)22-18(21-16)12-2-4-14(19)15(20)10-12;1-11-10-7-6-8-4-2-3-5-9(8)12-10/h2-11,16-17H,12-15,18-19H2,1H3;2-5,10-11H,6-9,19-20H2,1H3,(H,21,22);2-7H. The topological polar surface area (TPSA) is 149 Å². The van der Waals surface area contributed by atoms with Gasteiger partial charge in [-0.05, 0) is 122 Å². The largest absolute Gasteiger partial charge is 0.397 e. The number of piperazine rings is 2. The number of aromatic nitrogens is 4. The highest BCUT2D eigenvalue weighted by Crippen LogP contribution is 2.36. The van der Waals surface area contributed by atoms with E-state index in [0.717, 1.165) is 138 Å². The summed E-state index contributed by atoms with van der Waals surface area (Å²) in [6, 6.07) is 49.2. The smallest absolute Gasteiger partial charge is 0.270 e. The SMILES string of the molecule is CN1CCN(c2ccc3c(c2)CC(c2ccc4c(c2)CC(c2ccc5ccccc5n2)=N4)=N3)CC1.CN1CCN(c2ccc3nc(-c4ccc(N)c(N)c4)[nH]c3c2)CC1.[C-]#[N+]c1ccc2ccccc2n1. The molecule has 2 saturated heterocycles. The number of aliphatic imine (C=N–C) groups is 2. The summed E-state index contributed by atoms with van der Waals surface area (Å²) in [7, 11) is 4.36. The summed E-state index contributed by atoms with van der Waals surface area (Å²) in [5.74, 6) is 1.26. The van der Waals surface area contributed by atoms with Crippen LogP contribution in [-0.2, 0) is 12.8 Å². The second-order valence-electron chi connectivity index (χ2n) is 18.7. The lowest BCUT2D eigenvalue weighted by molar-refractivity contribution is 0.313. The van der Waals surface area contributed by atoms with Crippen LogP contribution >= 0.6 is 0 Å². The molecular formula is C58H55N13. The highest BCUT2D eigenvalue weighted by molar-refractivity contribution is 6.09. The van der Waals surface area contributed by atoms with E-state index in [4.69, 9.17) is 33.0 Å². The number of likely N-dealkylation sites (N-methyl/N-ethyl adjacent to an activating group) is 2. The van der Waals surface area contributed by atoms with Crippen LogP contribution in [0.1, 0.15) is 22.4 Å². The van der Waals surface area contributed by atoms with Crippen molar-refractivity contribution in [1.82, 2.24) is 29.7 Å². The Hall–Kier alpha value is -8.44. The van der Waals surface area contributed by atoms with Gasteiger partial charge in [-0.1, -0.05) is 61.2 Å². The number of aromatic amines is 1. The summed E-state index contributed by atoms with van der Waals surface area (Å²) in [5, 5.41) is 2.23. The van der Waals surface area contributed by atoms with Crippen LogP contribution in [0.15, 0.2) is 156 Å². The number of hydrogen-bond acceptors (Lipinski definition) is 11. The minimum Gasteiger partial charge on any atom is -0.397 e. The molecule has 0 radical (unpaired) electrons. The van der Waals surface area contributed by atoms with Crippen LogP contribution in [0.25, 0.3) is 49.1 Å². The van der Waals surface area contributed by atoms with Gasteiger partial charge in [0.25, 0.3) is 5.82 Å². The maximum absolute atomic E-state index is 6.78. The van der Waals surface area contributed by atoms with Crippen molar-refractivity contribution < 1.29 is 0 Å². The van der Waals surface area contributed by atoms with Crippen molar-refractivity contribution in [3.8, 4) is 11.4 Å². The molecule has 3 aromatic heterocycles. The Morgan fingerprint density at radius 2 is 1.10 bits per heavy atom. The second kappa shape index (κ2) is 19.5. The molecule has 7 heterocycles. The summed E-state index contributed by atoms with van der Waals surface area (Å²) in [6.07, 6.45) is 1.69. The normalized spacial score (nSPS) is 15.6. The number of imidazole rings is 1. The van der Waals surface area contributed by atoms with Crippen LogP contribution in [0.5, 0.6) is 0 Å². The zero-order valence-corrected chi connectivity index (χ0v) is 40.1. The van der Waals surface area contributed by atoms with E-state index in [9.17, 15) is 0 Å². The van der Waals surface area contributed by atoms with Gasteiger partial charge in [-0.25, -0.2) is 9.97 Å². The van der Waals surface area contributed by atoms with Gasteiger partial charge < -0.3 is 40.9 Å². The number of anilines is 4. The molecule has 0 saturated carbocycles. The third kappa shape index (κ3) is 9.76. The Kier molecular flexibility index (Phi) is 12.4. The molecule has 4 aliphatic rings. The van der Waals surface area contributed by atoms with E-state index in [1.54, 1.807) is 6.07 Å². The van der Waals surface area contributed by atoms with Crippen molar-refractivity contribution in [3.05, 3.63) is 179 Å². The average molecular weight is 934 g/mol. The number of benzene rings is 6. The molecule has 5 N–H and O–H groups in total. The number of H-pyrrole nitrogens is 1. The number of nitrogens with two attached hydrogens (primary N) is 2. The molecule has 0 amide bonds. The van der Waals surface area contributed by atoms with Crippen LogP contribution in [0, 0.1) is 6.57 Å². The van der Waals surface area contributed by atoms with Crippen LogP contribution in [0.3, 0.4) is 0 Å². The van der Waals surface area contributed by atoms with E-state index in [-0.39, 0.29) is 0 Å². The quantitative estimate of drug-likeness (QED) is 0.113. The van der Waals surface area contributed by atoms with Gasteiger partial charge in [0.2, 0.25) is 0 Å². The lowest BCUT2D eigenvalue weighted by Crippen LogP contribution is -2.44. The van der Waals surface area contributed by atoms with Gasteiger partial charge in [0.15, 0.2) is 5.52 Å². The lowest BCUT2D eigenvalue weighted by Gasteiger charge is -2.34. The Balaban J connectivity index is 0.000000131. The summed E-state index contributed by atoms with van der Waals surface area (Å²) in [4.78, 5) is 39.9. The van der Waals surface area contributed by atoms with Crippen molar-refractivity contribution >= 4 is 84.2 Å². The molecule has 0 unspecified atom stereocenters. The Morgan fingerprint density at radius 3 is 1.80 bits per heavy atom. The molecule has 352 valence electrons. The third-order valence-corrected chi connectivity index (χ3v) is 13.9. The van der Waals surface area contributed by atoms with E-state index < -0.39 is 0 Å². The first-order valence-corrected chi connectivity index (χ1v) is 24.2. The second-order valence-corrected chi connectivity index (χ2v) is 18.7. The molecule has 4 aliphatic heterocycles. The fraction of sp³-hybridized carbons (Fsp3) is 0.207. The minimum absolute atomic E-state index is 0.453. The number of pyridine rings is 2. The zero-order valence-electron chi connectivity index (χ0n) is 40.1. The van der Waals surface area contributed by atoms with Crippen LogP contribution < -0.4 is 21.3 Å². The van der Waals surface area contributed by atoms with Crippen LogP contribution in [-0.4, -0.2) is 108 Å². The van der Waals surface area contributed by atoms with Crippen LogP contribution in [0.2, 0.25) is 0 Å². The number of hydrogen-bond donors (Lipinski definition) is 3. The summed E-state index contributed by atoms with van der Waals surface area (Å²) in [5.41, 5.74) is 29.3. The third-order valence-electron chi connectivity index (χ3n) is 13.9. The Morgan fingerprint density at radius 1 is 0.507 bits per heavy atom. The van der Waals surface area contributed by atoms with Gasteiger partial charge in [-0.15, -0.1) is 4.98 Å². The summed E-state index contributed by atoms with van der Waals surface area (Å²) < 4.78 is 0. The van der Waals surface area contributed by atoms with Crippen molar-refractivity contribution in [2.45, 2.75) is 12.8 Å². The molecule has 0 atom stereocenters. The number of nitrogen functional groups attached to an aromatic ring is 2. The number of rotatable bonds is 5. The van der Waals surface area contributed by atoms with Crippen molar-refractivity contribution in [2.24, 2.45) is 9.98 Å². The number of para-hydroxylation sites is 2. The molecule has 13 rings (SSSR count). The Labute approximate surface area is 413 Å². The first-order valence-electron chi connectivity index (χ1n) is 24.2. The molecule has 71 heavy (non-hydrogen) atoms. The van der Waals surface area contributed by atoms with E-state index in [1.165, 1.54) is 28.1 Å². The number of fused-ring (bicyclic) bond motifs is 5. The van der Waals surface area contributed by atoms with E-state index >= 15 is 0 Å². The first kappa shape index (κ1) is 45.0. The fourth-order valence-corrected chi connectivity index (χ4v) is 9.61. The van der Waals surface area contributed by atoms with Gasteiger partial charge >= 0.3 is 0 Å². The molecule has 9 aromatic rings. The molecule has 6 aromatic carbocycles. The number of nitrogens with one attached hydrogen (secondary N) is 1. The average Bonchev–Trinajstić information content (AvgIpc) is 4.17.